The molecular weight excluding hydrogens is 284 g/mol. The lowest BCUT2D eigenvalue weighted by Gasteiger charge is -2.14. The third kappa shape index (κ3) is 3.03. The molecule has 0 bridgehead atoms. The van der Waals surface area contributed by atoms with Crippen molar-refractivity contribution in [1.82, 2.24) is 19.7 Å². The zero-order chi connectivity index (χ0) is 15.5. The van der Waals surface area contributed by atoms with Crippen LogP contribution in [0.1, 0.15) is 18.4 Å². The number of likely N-dealkylation sites (tertiary alicyclic amines) is 1. The molecule has 2 aromatic heterocycles. The van der Waals surface area contributed by atoms with E-state index < -0.39 is 0 Å². The molecule has 0 saturated carbocycles. The first-order valence-electron chi connectivity index (χ1n) is 8.17. The highest BCUT2D eigenvalue weighted by atomic mass is 15.3. The van der Waals surface area contributed by atoms with E-state index in [1.54, 1.807) is 12.4 Å². The van der Waals surface area contributed by atoms with Crippen LogP contribution in [0, 0.1) is 0 Å². The van der Waals surface area contributed by atoms with Gasteiger partial charge in [0, 0.05) is 36.3 Å². The molecule has 3 aromatic rings. The molecule has 1 saturated heterocycles. The Balaban J connectivity index is 1.74. The van der Waals surface area contributed by atoms with E-state index in [1.807, 2.05) is 22.9 Å². The number of pyridine rings is 1. The minimum atomic E-state index is 0.968. The first-order chi connectivity index (χ1) is 11.4. The molecule has 1 fully saturated rings. The quantitative estimate of drug-likeness (QED) is 0.739. The second-order valence-electron chi connectivity index (χ2n) is 6.00. The van der Waals surface area contributed by atoms with Gasteiger partial charge in [0.15, 0.2) is 0 Å². The molecule has 0 unspecified atom stereocenters. The maximum absolute atomic E-state index is 4.85. The van der Waals surface area contributed by atoms with Crippen LogP contribution in [0.4, 0.5) is 0 Å². The number of nitrogens with zero attached hydrogens (tertiary/aromatic N) is 4. The zero-order valence-corrected chi connectivity index (χ0v) is 13.1. The molecule has 4 rings (SSSR count). The molecule has 1 aliphatic heterocycles. The van der Waals surface area contributed by atoms with Crippen LogP contribution in [-0.4, -0.2) is 32.8 Å². The lowest BCUT2D eigenvalue weighted by Crippen LogP contribution is -2.18. The highest BCUT2D eigenvalue weighted by molar-refractivity contribution is 5.63. The van der Waals surface area contributed by atoms with E-state index in [9.17, 15) is 0 Å². The molecule has 1 aromatic carbocycles. The normalized spacial score (nSPS) is 15.1. The molecule has 3 heterocycles. The number of rotatable bonds is 4. The summed E-state index contributed by atoms with van der Waals surface area (Å²) in [6, 6.07) is 14.4. The van der Waals surface area contributed by atoms with Crippen LogP contribution in [0.15, 0.2) is 61.1 Å². The molecule has 23 heavy (non-hydrogen) atoms. The summed E-state index contributed by atoms with van der Waals surface area (Å²) in [5.74, 6) is 0. The highest BCUT2D eigenvalue weighted by Crippen LogP contribution is 2.25. The number of hydrogen-bond acceptors (Lipinski definition) is 3. The first kappa shape index (κ1) is 14.2. The van der Waals surface area contributed by atoms with Gasteiger partial charge in [-0.3, -0.25) is 9.88 Å². The van der Waals surface area contributed by atoms with Gasteiger partial charge in [0.1, 0.15) is 0 Å². The maximum atomic E-state index is 4.85. The van der Waals surface area contributed by atoms with Crippen molar-refractivity contribution in [3.8, 4) is 16.9 Å². The average Bonchev–Trinajstić information content (AvgIpc) is 3.27. The molecule has 116 valence electrons. The Bertz CT molecular complexity index is 759. The Morgan fingerprint density at radius 3 is 2.39 bits per heavy atom. The van der Waals surface area contributed by atoms with Crippen molar-refractivity contribution in [2.75, 3.05) is 13.1 Å². The predicted molar refractivity (Wildman–Crippen MR) is 91.3 cm³/mol. The fraction of sp³-hybridized carbons (Fsp3) is 0.263. The number of benzene rings is 1. The third-order valence-electron chi connectivity index (χ3n) is 4.36. The topological polar surface area (TPSA) is 34.0 Å². The number of aromatic nitrogens is 3. The summed E-state index contributed by atoms with van der Waals surface area (Å²) < 4.78 is 1.97. The van der Waals surface area contributed by atoms with Gasteiger partial charge in [-0.1, -0.05) is 30.3 Å². The van der Waals surface area contributed by atoms with Crippen LogP contribution >= 0.6 is 0 Å². The van der Waals surface area contributed by atoms with Gasteiger partial charge in [0.2, 0.25) is 0 Å². The van der Waals surface area contributed by atoms with Gasteiger partial charge in [-0.05, 0) is 38.1 Å². The van der Waals surface area contributed by atoms with Crippen molar-refractivity contribution < 1.29 is 0 Å². The van der Waals surface area contributed by atoms with Crippen LogP contribution in [-0.2, 0) is 6.54 Å². The van der Waals surface area contributed by atoms with E-state index in [0.717, 1.165) is 17.9 Å². The van der Waals surface area contributed by atoms with Crippen molar-refractivity contribution in [1.29, 1.82) is 0 Å². The largest absolute Gasteiger partial charge is 0.299 e. The summed E-state index contributed by atoms with van der Waals surface area (Å²) in [5.41, 5.74) is 4.59. The fourth-order valence-corrected chi connectivity index (χ4v) is 3.18. The van der Waals surface area contributed by atoms with Gasteiger partial charge in [-0.25, -0.2) is 4.68 Å². The van der Waals surface area contributed by atoms with E-state index in [4.69, 9.17) is 5.10 Å². The Morgan fingerprint density at radius 1 is 0.913 bits per heavy atom. The molecule has 0 atom stereocenters. The van der Waals surface area contributed by atoms with E-state index in [2.05, 4.69) is 40.3 Å². The van der Waals surface area contributed by atoms with Crippen molar-refractivity contribution in [2.45, 2.75) is 19.4 Å². The van der Waals surface area contributed by atoms with Gasteiger partial charge in [0.05, 0.1) is 11.4 Å². The minimum absolute atomic E-state index is 0.968. The molecule has 4 heteroatoms. The number of hydrogen-bond donors (Lipinski definition) is 0. The third-order valence-corrected chi connectivity index (χ3v) is 4.36. The SMILES string of the molecule is c1ccc(-c2nn(-c3ccncc3)cc2CN2CCCC2)cc1. The van der Waals surface area contributed by atoms with Crippen LogP contribution in [0.3, 0.4) is 0 Å². The van der Waals surface area contributed by atoms with Crippen LogP contribution in [0.2, 0.25) is 0 Å². The van der Waals surface area contributed by atoms with E-state index in [1.165, 1.54) is 37.1 Å². The minimum Gasteiger partial charge on any atom is -0.299 e. The molecule has 0 aliphatic carbocycles. The van der Waals surface area contributed by atoms with Gasteiger partial charge in [0.25, 0.3) is 0 Å². The Morgan fingerprint density at radius 2 is 1.65 bits per heavy atom. The molecule has 0 N–H and O–H groups in total. The van der Waals surface area contributed by atoms with Gasteiger partial charge in [-0.15, -0.1) is 0 Å². The van der Waals surface area contributed by atoms with E-state index in [0.29, 0.717) is 0 Å². The Hall–Kier alpha value is -2.46. The van der Waals surface area contributed by atoms with Gasteiger partial charge < -0.3 is 0 Å². The molecule has 0 amide bonds. The summed E-state index contributed by atoms with van der Waals surface area (Å²) in [5, 5.41) is 4.85. The summed E-state index contributed by atoms with van der Waals surface area (Å²) in [6.07, 6.45) is 8.38. The molecule has 1 aliphatic rings. The van der Waals surface area contributed by atoms with Gasteiger partial charge in [-0.2, -0.15) is 5.10 Å². The lowest BCUT2D eigenvalue weighted by atomic mass is 10.1. The van der Waals surface area contributed by atoms with Crippen LogP contribution in [0.25, 0.3) is 16.9 Å². The Labute approximate surface area is 136 Å². The second kappa shape index (κ2) is 6.34. The fourth-order valence-electron chi connectivity index (χ4n) is 3.18. The van der Waals surface area contributed by atoms with E-state index >= 15 is 0 Å². The molecular formula is C19H20N4. The smallest absolute Gasteiger partial charge is 0.0972 e. The van der Waals surface area contributed by atoms with Crippen molar-refractivity contribution in [3.63, 3.8) is 0 Å². The van der Waals surface area contributed by atoms with Crippen LogP contribution in [0.5, 0.6) is 0 Å². The average molecular weight is 304 g/mol. The first-order valence-corrected chi connectivity index (χ1v) is 8.17. The van der Waals surface area contributed by atoms with E-state index in [-0.39, 0.29) is 0 Å². The Kier molecular flexibility index (Phi) is 3.90. The van der Waals surface area contributed by atoms with Crippen LogP contribution < -0.4 is 0 Å². The zero-order valence-electron chi connectivity index (χ0n) is 13.1. The summed E-state index contributed by atoms with van der Waals surface area (Å²) >= 11 is 0. The summed E-state index contributed by atoms with van der Waals surface area (Å²) in [7, 11) is 0. The van der Waals surface area contributed by atoms with Crippen molar-refractivity contribution in [3.05, 3.63) is 66.6 Å². The van der Waals surface area contributed by atoms with Gasteiger partial charge >= 0.3 is 0 Å². The highest BCUT2D eigenvalue weighted by Gasteiger charge is 2.17. The maximum Gasteiger partial charge on any atom is 0.0972 e. The van der Waals surface area contributed by atoms with Crippen molar-refractivity contribution in [2.24, 2.45) is 0 Å². The second-order valence-corrected chi connectivity index (χ2v) is 6.00. The molecule has 0 radical (unpaired) electrons. The monoisotopic (exact) mass is 304 g/mol. The predicted octanol–water partition coefficient (Wildman–Crippen LogP) is 3.53. The standard InChI is InChI=1S/C19H20N4/c1-2-6-16(7-3-1)19-17(14-22-12-4-5-13-22)15-23(21-19)18-8-10-20-11-9-18/h1-3,6-11,15H,4-5,12-14H2. The summed E-state index contributed by atoms with van der Waals surface area (Å²) in [4.78, 5) is 6.61. The van der Waals surface area contributed by atoms with Crippen molar-refractivity contribution >= 4 is 0 Å². The lowest BCUT2D eigenvalue weighted by molar-refractivity contribution is 0.332. The molecule has 0 spiro atoms. The molecule has 4 nitrogen and oxygen atoms in total. The summed E-state index contributed by atoms with van der Waals surface area (Å²) in [6.45, 7) is 3.35.